The highest BCUT2D eigenvalue weighted by atomic mass is 16.4. The fraction of sp³-hybridized carbons (Fsp3) is 0.167. The number of hydrogen-bond donors (Lipinski definition) is 4. The molecular weight excluding hydrogens is 236 g/mol. The summed E-state index contributed by atoms with van der Waals surface area (Å²) < 4.78 is 0. The molecule has 0 fully saturated rings. The van der Waals surface area contributed by atoms with Crippen LogP contribution in [-0.2, 0) is 11.2 Å². The van der Waals surface area contributed by atoms with Crippen molar-refractivity contribution in [1.29, 1.82) is 0 Å². The normalized spacial score (nSPS) is 12.5. The van der Waals surface area contributed by atoms with E-state index in [2.05, 4.69) is 4.98 Å². The van der Waals surface area contributed by atoms with Crippen molar-refractivity contribution in [2.24, 2.45) is 5.73 Å². The molecule has 18 heavy (non-hydrogen) atoms. The number of carboxylic acid groups (broad SMARTS) is 2. The van der Waals surface area contributed by atoms with Gasteiger partial charge in [-0.15, -0.1) is 0 Å². The molecule has 5 N–H and O–H groups in total. The topological polar surface area (TPSA) is 116 Å². The highest BCUT2D eigenvalue weighted by molar-refractivity contribution is 5.94. The van der Waals surface area contributed by atoms with Crippen LogP contribution in [0.15, 0.2) is 24.4 Å². The van der Waals surface area contributed by atoms with Gasteiger partial charge in [-0.05, 0) is 17.7 Å². The molecule has 0 unspecified atom stereocenters. The van der Waals surface area contributed by atoms with Gasteiger partial charge >= 0.3 is 11.9 Å². The summed E-state index contributed by atoms with van der Waals surface area (Å²) in [5, 5.41) is 18.4. The molecule has 0 radical (unpaired) electrons. The Morgan fingerprint density at radius 3 is 2.67 bits per heavy atom. The molecule has 0 saturated heterocycles. The Balaban J connectivity index is 2.37. The van der Waals surface area contributed by atoms with E-state index in [-0.39, 0.29) is 12.0 Å². The lowest BCUT2D eigenvalue weighted by Gasteiger charge is -2.04. The summed E-state index contributed by atoms with van der Waals surface area (Å²) in [7, 11) is 0. The summed E-state index contributed by atoms with van der Waals surface area (Å²) in [5.41, 5.74) is 7.06. The van der Waals surface area contributed by atoms with Gasteiger partial charge in [0.2, 0.25) is 0 Å². The Kier molecular flexibility index (Phi) is 3.03. The molecule has 0 aliphatic rings. The first kappa shape index (κ1) is 12.1. The minimum atomic E-state index is -1.06. The molecule has 0 aliphatic heterocycles. The Morgan fingerprint density at radius 2 is 2.06 bits per heavy atom. The lowest BCUT2D eigenvalue weighted by atomic mass is 10.0. The molecular formula is C12H12N2O4. The molecule has 1 atom stereocenters. The maximum absolute atomic E-state index is 10.8. The molecule has 1 aromatic heterocycles. The van der Waals surface area contributed by atoms with Crippen LogP contribution in [0.3, 0.4) is 0 Å². The van der Waals surface area contributed by atoms with Crippen LogP contribution in [0.4, 0.5) is 0 Å². The van der Waals surface area contributed by atoms with Crippen LogP contribution in [0, 0.1) is 0 Å². The lowest BCUT2D eigenvalue weighted by molar-refractivity contribution is -0.138. The molecule has 1 heterocycles. The molecule has 0 spiro atoms. The van der Waals surface area contributed by atoms with Gasteiger partial charge in [0.15, 0.2) is 0 Å². The second-order valence-electron chi connectivity index (χ2n) is 4.03. The minimum absolute atomic E-state index is 0.179. The maximum Gasteiger partial charge on any atom is 0.335 e. The van der Waals surface area contributed by atoms with Gasteiger partial charge in [0, 0.05) is 23.5 Å². The number of nitrogens with two attached hydrogens (primary N) is 1. The zero-order valence-electron chi connectivity index (χ0n) is 9.38. The van der Waals surface area contributed by atoms with Gasteiger partial charge in [0.25, 0.3) is 0 Å². The van der Waals surface area contributed by atoms with Crippen LogP contribution in [-0.4, -0.2) is 33.2 Å². The van der Waals surface area contributed by atoms with Crippen molar-refractivity contribution >= 4 is 22.8 Å². The van der Waals surface area contributed by atoms with E-state index in [1.807, 2.05) is 0 Å². The zero-order chi connectivity index (χ0) is 13.3. The van der Waals surface area contributed by atoms with Crippen molar-refractivity contribution in [3.63, 3.8) is 0 Å². The summed E-state index contributed by atoms with van der Waals surface area (Å²) in [6.07, 6.45) is 1.85. The van der Waals surface area contributed by atoms with Gasteiger partial charge in [0.05, 0.1) is 5.56 Å². The van der Waals surface area contributed by atoms with Crippen LogP contribution in [0.5, 0.6) is 0 Å². The van der Waals surface area contributed by atoms with Crippen LogP contribution >= 0.6 is 0 Å². The molecule has 2 aromatic rings. The summed E-state index contributed by atoms with van der Waals surface area (Å²) in [4.78, 5) is 24.4. The first-order valence-corrected chi connectivity index (χ1v) is 5.30. The number of benzene rings is 1. The van der Waals surface area contributed by atoms with Crippen molar-refractivity contribution in [3.05, 3.63) is 35.5 Å². The minimum Gasteiger partial charge on any atom is -0.480 e. The van der Waals surface area contributed by atoms with Gasteiger partial charge < -0.3 is 20.9 Å². The number of aromatic carboxylic acids is 1. The summed E-state index contributed by atoms with van der Waals surface area (Å²) in [6.45, 7) is 0. The number of fused-ring (bicyclic) bond motifs is 1. The van der Waals surface area contributed by atoms with Gasteiger partial charge in [-0.1, -0.05) is 6.07 Å². The molecule has 0 bridgehead atoms. The molecule has 1 aromatic carbocycles. The summed E-state index contributed by atoms with van der Waals surface area (Å²) in [6, 6.07) is 3.67. The average molecular weight is 248 g/mol. The van der Waals surface area contributed by atoms with E-state index in [1.165, 1.54) is 12.1 Å². The monoisotopic (exact) mass is 248 g/mol. The largest absolute Gasteiger partial charge is 0.480 e. The van der Waals surface area contributed by atoms with Gasteiger partial charge in [-0.3, -0.25) is 4.79 Å². The predicted octanol–water partition coefficient (Wildman–Crippen LogP) is 0.820. The van der Waals surface area contributed by atoms with Crippen molar-refractivity contribution in [2.45, 2.75) is 12.5 Å². The van der Waals surface area contributed by atoms with E-state index < -0.39 is 18.0 Å². The molecule has 0 aliphatic carbocycles. The van der Waals surface area contributed by atoms with E-state index >= 15 is 0 Å². The molecule has 0 saturated carbocycles. The lowest BCUT2D eigenvalue weighted by Crippen LogP contribution is -2.32. The Labute approximate surface area is 102 Å². The number of aromatic amines is 1. The fourth-order valence-corrected chi connectivity index (χ4v) is 1.81. The summed E-state index contributed by atoms with van der Waals surface area (Å²) in [5.74, 6) is -2.07. The van der Waals surface area contributed by atoms with Crippen molar-refractivity contribution in [2.75, 3.05) is 0 Å². The molecule has 6 nitrogen and oxygen atoms in total. The molecule has 0 amide bonds. The van der Waals surface area contributed by atoms with Gasteiger partial charge in [-0.25, -0.2) is 4.79 Å². The smallest absolute Gasteiger partial charge is 0.335 e. The standard InChI is InChI=1S/C12H12N2O4/c13-9(12(17)18)3-7-5-14-10-4-6(11(15)16)1-2-8(7)10/h1-2,4-5,9,14H,3,13H2,(H,15,16)(H,17,18)/t9-/m0/s1. The Hall–Kier alpha value is -2.34. The Bertz CT molecular complexity index is 618. The van der Waals surface area contributed by atoms with Crippen molar-refractivity contribution in [3.8, 4) is 0 Å². The molecule has 2 rings (SSSR count). The number of rotatable bonds is 4. The van der Waals surface area contributed by atoms with E-state index in [0.717, 1.165) is 10.9 Å². The average Bonchev–Trinajstić information content (AvgIpc) is 2.71. The van der Waals surface area contributed by atoms with Gasteiger partial charge in [0.1, 0.15) is 6.04 Å². The van der Waals surface area contributed by atoms with Crippen LogP contribution in [0.25, 0.3) is 10.9 Å². The number of aliphatic carboxylic acids is 1. The van der Waals surface area contributed by atoms with Crippen LogP contribution < -0.4 is 5.73 Å². The third kappa shape index (κ3) is 2.18. The first-order valence-electron chi connectivity index (χ1n) is 5.30. The number of H-pyrrole nitrogens is 1. The van der Waals surface area contributed by atoms with Crippen LogP contribution in [0.1, 0.15) is 15.9 Å². The highest BCUT2D eigenvalue weighted by Crippen LogP contribution is 2.20. The maximum atomic E-state index is 10.8. The van der Waals surface area contributed by atoms with Crippen LogP contribution in [0.2, 0.25) is 0 Å². The van der Waals surface area contributed by atoms with E-state index in [4.69, 9.17) is 15.9 Å². The third-order valence-electron chi connectivity index (χ3n) is 2.77. The first-order chi connectivity index (χ1) is 8.49. The highest BCUT2D eigenvalue weighted by Gasteiger charge is 2.15. The number of carboxylic acids is 2. The van der Waals surface area contributed by atoms with E-state index in [9.17, 15) is 9.59 Å². The molecule has 6 heteroatoms. The zero-order valence-corrected chi connectivity index (χ0v) is 9.38. The number of hydrogen-bond acceptors (Lipinski definition) is 3. The van der Waals surface area contributed by atoms with Crippen molar-refractivity contribution in [1.82, 2.24) is 4.98 Å². The second kappa shape index (κ2) is 4.50. The molecule has 94 valence electrons. The SMILES string of the molecule is N[C@@H](Cc1c[nH]c2cc(C(=O)O)ccc12)C(=O)O. The van der Waals surface area contributed by atoms with E-state index in [1.54, 1.807) is 12.3 Å². The van der Waals surface area contributed by atoms with Crippen molar-refractivity contribution < 1.29 is 19.8 Å². The third-order valence-corrected chi connectivity index (χ3v) is 2.77. The fourth-order valence-electron chi connectivity index (χ4n) is 1.81. The quantitative estimate of drug-likeness (QED) is 0.639. The number of carbonyl (C=O) groups is 2. The second-order valence-corrected chi connectivity index (χ2v) is 4.03. The Morgan fingerprint density at radius 1 is 1.33 bits per heavy atom. The number of nitrogens with one attached hydrogen (secondary N) is 1. The number of aromatic nitrogens is 1. The summed E-state index contributed by atoms with van der Waals surface area (Å²) >= 11 is 0. The van der Waals surface area contributed by atoms with Gasteiger partial charge in [-0.2, -0.15) is 0 Å². The predicted molar refractivity (Wildman–Crippen MR) is 64.6 cm³/mol. The van der Waals surface area contributed by atoms with E-state index in [0.29, 0.717) is 5.52 Å².